The van der Waals surface area contributed by atoms with Crippen molar-refractivity contribution in [3.05, 3.63) is 16.1 Å². The highest BCUT2D eigenvalue weighted by atomic mass is 32.1. The molecule has 0 saturated heterocycles. The van der Waals surface area contributed by atoms with Crippen molar-refractivity contribution in [1.29, 1.82) is 0 Å². The third-order valence-electron chi connectivity index (χ3n) is 3.20. The van der Waals surface area contributed by atoms with Crippen LogP contribution in [-0.2, 0) is 17.9 Å². The summed E-state index contributed by atoms with van der Waals surface area (Å²) in [5, 5.41) is 6.38. The molecule has 1 aromatic rings. The van der Waals surface area contributed by atoms with Gasteiger partial charge >= 0.3 is 0 Å². The van der Waals surface area contributed by atoms with Gasteiger partial charge in [0.05, 0.1) is 18.4 Å². The lowest BCUT2D eigenvalue weighted by Crippen LogP contribution is -2.11. The number of hydrogen-bond acceptors (Lipinski definition) is 4. The second-order valence-electron chi connectivity index (χ2n) is 4.69. The Morgan fingerprint density at radius 1 is 1.35 bits per heavy atom. The molecule has 0 atom stereocenters. The summed E-state index contributed by atoms with van der Waals surface area (Å²) in [4.78, 5) is 4.54. The van der Waals surface area contributed by atoms with E-state index in [1.807, 2.05) is 7.05 Å². The highest BCUT2D eigenvalue weighted by Crippen LogP contribution is 2.21. The van der Waals surface area contributed by atoms with E-state index in [0.29, 0.717) is 12.7 Å². The molecule has 1 N–H and O–H groups in total. The van der Waals surface area contributed by atoms with Crippen molar-refractivity contribution in [3.8, 4) is 0 Å². The van der Waals surface area contributed by atoms with Gasteiger partial charge in [0.25, 0.3) is 0 Å². The molecule has 17 heavy (non-hydrogen) atoms. The minimum absolute atomic E-state index is 0.465. The third kappa shape index (κ3) is 4.37. The van der Waals surface area contributed by atoms with E-state index in [0.717, 1.165) is 17.2 Å². The first-order valence-corrected chi connectivity index (χ1v) is 7.46. The monoisotopic (exact) mass is 254 g/mol. The average Bonchev–Trinajstić information content (AvgIpc) is 2.63. The normalized spacial score (nSPS) is 18.2. The summed E-state index contributed by atoms with van der Waals surface area (Å²) in [5.74, 6) is 0. The second kappa shape index (κ2) is 7.09. The van der Waals surface area contributed by atoms with Crippen LogP contribution in [-0.4, -0.2) is 18.1 Å². The van der Waals surface area contributed by atoms with Crippen molar-refractivity contribution >= 4 is 11.3 Å². The van der Waals surface area contributed by atoms with Gasteiger partial charge in [-0.15, -0.1) is 11.3 Å². The Morgan fingerprint density at radius 2 is 2.12 bits per heavy atom. The van der Waals surface area contributed by atoms with E-state index in [2.05, 4.69) is 15.7 Å². The van der Waals surface area contributed by atoms with E-state index in [1.54, 1.807) is 11.3 Å². The van der Waals surface area contributed by atoms with Gasteiger partial charge in [0.15, 0.2) is 0 Å². The van der Waals surface area contributed by atoms with Crippen molar-refractivity contribution in [1.82, 2.24) is 10.3 Å². The molecule has 0 aliphatic heterocycles. The van der Waals surface area contributed by atoms with E-state index in [-0.39, 0.29) is 0 Å². The standard InChI is InChI=1S/C13H22N2OS/c1-14-8-13-15-11(10-17-13)9-16-12-6-4-2-3-5-7-12/h10,12,14H,2-9H2,1H3. The Morgan fingerprint density at radius 3 is 2.82 bits per heavy atom. The molecule has 1 saturated carbocycles. The Kier molecular flexibility index (Phi) is 5.42. The molecular weight excluding hydrogens is 232 g/mol. The summed E-state index contributed by atoms with van der Waals surface area (Å²) in [6, 6.07) is 0. The predicted molar refractivity (Wildman–Crippen MR) is 71.2 cm³/mol. The molecule has 96 valence electrons. The van der Waals surface area contributed by atoms with Gasteiger partial charge in [0.1, 0.15) is 5.01 Å². The number of nitrogens with one attached hydrogen (secondary N) is 1. The topological polar surface area (TPSA) is 34.2 Å². The van der Waals surface area contributed by atoms with Crippen molar-refractivity contribution < 1.29 is 4.74 Å². The molecule has 4 heteroatoms. The number of thiazole rings is 1. The van der Waals surface area contributed by atoms with Crippen LogP contribution in [0.2, 0.25) is 0 Å². The van der Waals surface area contributed by atoms with Crippen LogP contribution in [0.5, 0.6) is 0 Å². The van der Waals surface area contributed by atoms with E-state index in [1.165, 1.54) is 38.5 Å². The second-order valence-corrected chi connectivity index (χ2v) is 5.63. The third-order valence-corrected chi connectivity index (χ3v) is 4.09. The van der Waals surface area contributed by atoms with Crippen LogP contribution < -0.4 is 5.32 Å². The van der Waals surface area contributed by atoms with E-state index in [9.17, 15) is 0 Å². The highest BCUT2D eigenvalue weighted by Gasteiger charge is 2.13. The van der Waals surface area contributed by atoms with Crippen molar-refractivity contribution in [3.63, 3.8) is 0 Å². The maximum absolute atomic E-state index is 5.96. The number of ether oxygens (including phenoxy) is 1. The molecule has 1 aromatic heterocycles. The largest absolute Gasteiger partial charge is 0.372 e. The van der Waals surface area contributed by atoms with Crippen molar-refractivity contribution in [2.24, 2.45) is 0 Å². The molecule has 0 radical (unpaired) electrons. The van der Waals surface area contributed by atoms with Crippen molar-refractivity contribution in [2.75, 3.05) is 7.05 Å². The zero-order valence-electron chi connectivity index (χ0n) is 10.6. The minimum Gasteiger partial charge on any atom is -0.372 e. The SMILES string of the molecule is CNCc1nc(COC2CCCCCC2)cs1. The van der Waals surface area contributed by atoms with Crippen LogP contribution in [0.15, 0.2) is 5.38 Å². The summed E-state index contributed by atoms with van der Waals surface area (Å²) >= 11 is 1.71. The predicted octanol–water partition coefficient (Wildman–Crippen LogP) is 3.10. The maximum atomic E-state index is 5.96. The van der Waals surface area contributed by atoms with Gasteiger partial charge in [-0.1, -0.05) is 25.7 Å². The first kappa shape index (κ1) is 13.0. The van der Waals surface area contributed by atoms with Crippen molar-refractivity contribution in [2.45, 2.75) is 57.8 Å². The minimum atomic E-state index is 0.465. The van der Waals surface area contributed by atoms with E-state index >= 15 is 0 Å². The molecule has 2 rings (SSSR count). The van der Waals surface area contributed by atoms with Gasteiger partial charge in [-0.2, -0.15) is 0 Å². The molecule has 3 nitrogen and oxygen atoms in total. The van der Waals surface area contributed by atoms with E-state index in [4.69, 9.17) is 4.74 Å². The molecule has 1 aliphatic rings. The van der Waals surface area contributed by atoms with E-state index < -0.39 is 0 Å². The Bertz CT molecular complexity index is 319. The Hall–Kier alpha value is -0.450. The number of nitrogens with zero attached hydrogens (tertiary/aromatic N) is 1. The lowest BCUT2D eigenvalue weighted by atomic mass is 10.1. The zero-order chi connectivity index (χ0) is 11.9. The molecule has 1 heterocycles. The van der Waals surface area contributed by atoms with Gasteiger partial charge in [0, 0.05) is 11.9 Å². The van der Waals surface area contributed by atoms with Crippen LogP contribution >= 0.6 is 11.3 Å². The van der Waals surface area contributed by atoms with Gasteiger partial charge in [-0.25, -0.2) is 4.98 Å². The summed E-state index contributed by atoms with van der Waals surface area (Å²) in [6.07, 6.45) is 8.33. The van der Waals surface area contributed by atoms with Crippen LogP contribution in [0.25, 0.3) is 0 Å². The number of aromatic nitrogens is 1. The Labute approximate surface area is 108 Å². The fourth-order valence-electron chi connectivity index (χ4n) is 2.26. The number of rotatable bonds is 5. The van der Waals surface area contributed by atoms with Gasteiger partial charge in [-0.3, -0.25) is 0 Å². The highest BCUT2D eigenvalue weighted by molar-refractivity contribution is 7.09. The number of hydrogen-bond donors (Lipinski definition) is 1. The zero-order valence-corrected chi connectivity index (χ0v) is 11.4. The molecule has 0 bridgehead atoms. The molecule has 0 amide bonds. The van der Waals surface area contributed by atoms with Crippen LogP contribution in [0.3, 0.4) is 0 Å². The summed E-state index contributed by atoms with van der Waals surface area (Å²) < 4.78 is 5.96. The molecule has 0 aromatic carbocycles. The summed E-state index contributed by atoms with van der Waals surface area (Å²) in [7, 11) is 1.95. The quantitative estimate of drug-likeness (QED) is 0.820. The lowest BCUT2D eigenvalue weighted by molar-refractivity contribution is 0.0294. The summed E-state index contributed by atoms with van der Waals surface area (Å²) in [5.41, 5.74) is 1.09. The lowest BCUT2D eigenvalue weighted by Gasteiger charge is -2.14. The smallest absolute Gasteiger partial charge is 0.107 e. The fourth-order valence-corrected chi connectivity index (χ4v) is 3.05. The maximum Gasteiger partial charge on any atom is 0.107 e. The van der Waals surface area contributed by atoms with Gasteiger partial charge < -0.3 is 10.1 Å². The molecular formula is C13H22N2OS. The fraction of sp³-hybridized carbons (Fsp3) is 0.769. The van der Waals surface area contributed by atoms with Gasteiger partial charge in [-0.05, 0) is 19.9 Å². The van der Waals surface area contributed by atoms with Crippen LogP contribution in [0.4, 0.5) is 0 Å². The van der Waals surface area contributed by atoms with Crippen LogP contribution in [0, 0.1) is 0 Å². The molecule has 0 spiro atoms. The first-order chi connectivity index (χ1) is 8.38. The molecule has 0 unspecified atom stereocenters. The molecule has 1 aliphatic carbocycles. The van der Waals surface area contributed by atoms with Crippen LogP contribution in [0.1, 0.15) is 49.2 Å². The first-order valence-electron chi connectivity index (χ1n) is 6.58. The molecule has 1 fully saturated rings. The average molecular weight is 254 g/mol. The Balaban J connectivity index is 1.75. The summed E-state index contributed by atoms with van der Waals surface area (Å²) in [6.45, 7) is 1.54. The van der Waals surface area contributed by atoms with Gasteiger partial charge in [0.2, 0.25) is 0 Å².